The van der Waals surface area contributed by atoms with Crippen LogP contribution in [0.1, 0.15) is 55.6 Å². The zero-order valence-corrected chi connectivity index (χ0v) is 27.8. The molecule has 1 aliphatic rings. The van der Waals surface area contributed by atoms with Gasteiger partial charge in [0, 0.05) is 24.7 Å². The number of pyridine rings is 1. The number of sulfone groups is 1. The van der Waals surface area contributed by atoms with Crippen LogP contribution in [0.5, 0.6) is 0 Å². The minimum absolute atomic E-state index is 0.0608. The summed E-state index contributed by atoms with van der Waals surface area (Å²) in [6.07, 6.45) is 4.14. The molecule has 3 amide bonds. The van der Waals surface area contributed by atoms with E-state index in [1.54, 1.807) is 6.07 Å². The average molecular weight is 649 g/mol. The Morgan fingerprint density at radius 2 is 1.48 bits per heavy atom. The highest BCUT2D eigenvalue weighted by Crippen LogP contribution is 2.31. The molecule has 0 spiro atoms. The van der Waals surface area contributed by atoms with Crippen molar-refractivity contribution in [3.05, 3.63) is 102 Å². The van der Waals surface area contributed by atoms with Crippen molar-refractivity contribution < 1.29 is 27.5 Å². The lowest BCUT2D eigenvalue weighted by Crippen LogP contribution is -2.62. The topological polar surface area (TPSA) is 147 Å². The van der Waals surface area contributed by atoms with Crippen molar-refractivity contribution in [3.8, 4) is 0 Å². The van der Waals surface area contributed by atoms with Gasteiger partial charge in [0.25, 0.3) is 5.91 Å². The number of hydrogen-bond donors (Lipinski definition) is 3. The third-order valence-corrected chi connectivity index (χ3v) is 10.7. The maximum Gasteiger partial charge on any atom is 0.253 e. The van der Waals surface area contributed by atoms with Crippen LogP contribution in [0.3, 0.4) is 0 Å². The number of amides is 3. The molecule has 1 fully saturated rings. The van der Waals surface area contributed by atoms with Crippen LogP contribution < -0.4 is 16.0 Å². The van der Waals surface area contributed by atoms with Gasteiger partial charge in [-0.1, -0.05) is 74.5 Å². The molecule has 0 bridgehead atoms. The van der Waals surface area contributed by atoms with Crippen LogP contribution in [0.4, 0.5) is 0 Å². The first-order valence-electron chi connectivity index (χ1n) is 15.5. The Kier molecular flexibility index (Phi) is 11.3. The first kappa shape index (κ1) is 34.8. The zero-order valence-electron chi connectivity index (χ0n) is 27.0. The summed E-state index contributed by atoms with van der Waals surface area (Å²) >= 11 is 0. The van der Waals surface area contributed by atoms with E-state index in [4.69, 9.17) is 4.74 Å². The molecule has 1 aliphatic heterocycles. The number of ether oxygens (including phenoxy) is 1. The van der Waals surface area contributed by atoms with Crippen molar-refractivity contribution >= 4 is 27.6 Å². The molecule has 10 nitrogen and oxygen atoms in total. The predicted octanol–water partition coefficient (Wildman–Crippen LogP) is 3.27. The van der Waals surface area contributed by atoms with E-state index in [0.29, 0.717) is 12.8 Å². The maximum atomic E-state index is 13.9. The second-order valence-corrected chi connectivity index (χ2v) is 15.4. The average Bonchev–Trinajstić information content (AvgIpc) is 3.78. The van der Waals surface area contributed by atoms with E-state index in [2.05, 4.69) is 34.8 Å². The number of nitrogens with zero attached hydrogens (tertiary/aromatic N) is 1. The SMILES string of the molecule is CC(C)C(Cc1ccccc1)NC(=O)C[C@@H]1O[C@@H]1[C@H](Cc1ccccc1)NC(=O)[C@@H](NC(=O)c1cccnc1)C(C)(C)S(C)(=O)=O. The highest BCUT2D eigenvalue weighted by atomic mass is 32.2. The second-order valence-electron chi connectivity index (χ2n) is 12.8. The Labute approximate surface area is 271 Å². The molecule has 3 aromatic rings. The lowest BCUT2D eigenvalue weighted by molar-refractivity contribution is -0.124. The quantitative estimate of drug-likeness (QED) is 0.214. The first-order valence-corrected chi connectivity index (χ1v) is 17.4. The number of carbonyl (C=O) groups is 3. The van der Waals surface area contributed by atoms with Crippen LogP contribution in [-0.2, 0) is 37.0 Å². The molecule has 1 aromatic heterocycles. The van der Waals surface area contributed by atoms with Gasteiger partial charge in [-0.25, -0.2) is 8.42 Å². The molecule has 1 saturated heterocycles. The Morgan fingerprint density at radius 3 is 2.02 bits per heavy atom. The lowest BCUT2D eigenvalue weighted by atomic mass is 9.95. The minimum Gasteiger partial charge on any atom is -0.367 e. The van der Waals surface area contributed by atoms with Gasteiger partial charge in [-0.2, -0.15) is 0 Å². The number of epoxide rings is 1. The van der Waals surface area contributed by atoms with Gasteiger partial charge in [-0.3, -0.25) is 19.4 Å². The van der Waals surface area contributed by atoms with E-state index in [1.807, 2.05) is 60.7 Å². The van der Waals surface area contributed by atoms with E-state index in [-0.39, 0.29) is 29.9 Å². The molecule has 2 heterocycles. The fourth-order valence-corrected chi connectivity index (χ4v) is 5.90. The van der Waals surface area contributed by atoms with Gasteiger partial charge in [0.1, 0.15) is 12.1 Å². The monoisotopic (exact) mass is 648 g/mol. The molecule has 0 aliphatic carbocycles. The van der Waals surface area contributed by atoms with Gasteiger partial charge in [0.2, 0.25) is 11.8 Å². The molecule has 0 saturated carbocycles. The van der Waals surface area contributed by atoms with Crippen LogP contribution in [0.2, 0.25) is 0 Å². The van der Waals surface area contributed by atoms with Gasteiger partial charge in [0.15, 0.2) is 9.84 Å². The fraction of sp³-hybridized carbons (Fsp3) is 0.429. The van der Waals surface area contributed by atoms with Gasteiger partial charge in [-0.15, -0.1) is 0 Å². The van der Waals surface area contributed by atoms with Gasteiger partial charge >= 0.3 is 0 Å². The Morgan fingerprint density at radius 1 is 0.870 bits per heavy atom. The maximum absolute atomic E-state index is 13.9. The highest BCUT2D eigenvalue weighted by Gasteiger charge is 2.49. The summed E-state index contributed by atoms with van der Waals surface area (Å²) in [6, 6.07) is 20.5. The van der Waals surface area contributed by atoms with Crippen molar-refractivity contribution in [3.63, 3.8) is 0 Å². The Balaban J connectivity index is 1.50. The van der Waals surface area contributed by atoms with Crippen molar-refractivity contribution in [1.29, 1.82) is 0 Å². The smallest absolute Gasteiger partial charge is 0.253 e. The summed E-state index contributed by atoms with van der Waals surface area (Å²) in [4.78, 5) is 44.1. The summed E-state index contributed by atoms with van der Waals surface area (Å²) in [5, 5.41) is 8.75. The zero-order chi connectivity index (χ0) is 33.5. The van der Waals surface area contributed by atoms with Gasteiger partial charge in [0.05, 0.1) is 28.9 Å². The van der Waals surface area contributed by atoms with E-state index >= 15 is 0 Å². The van der Waals surface area contributed by atoms with Crippen LogP contribution >= 0.6 is 0 Å². The number of aromatic nitrogens is 1. The van der Waals surface area contributed by atoms with Crippen LogP contribution in [-0.4, -0.2) is 72.5 Å². The van der Waals surface area contributed by atoms with E-state index in [9.17, 15) is 22.8 Å². The molecule has 11 heteroatoms. The summed E-state index contributed by atoms with van der Waals surface area (Å²) in [6.45, 7) is 6.95. The molecule has 5 atom stereocenters. The summed E-state index contributed by atoms with van der Waals surface area (Å²) in [7, 11) is -3.82. The normalized spacial score (nSPS) is 18.2. The molecule has 4 rings (SSSR count). The number of benzene rings is 2. The molecule has 246 valence electrons. The molecule has 2 aromatic carbocycles. The molecule has 3 N–H and O–H groups in total. The molecule has 1 unspecified atom stereocenters. The summed E-state index contributed by atoms with van der Waals surface area (Å²) < 4.78 is 30.0. The van der Waals surface area contributed by atoms with Crippen molar-refractivity contribution in [1.82, 2.24) is 20.9 Å². The largest absolute Gasteiger partial charge is 0.367 e. The van der Waals surface area contributed by atoms with E-state index < -0.39 is 50.7 Å². The first-order chi connectivity index (χ1) is 21.8. The highest BCUT2D eigenvalue weighted by molar-refractivity contribution is 7.92. The summed E-state index contributed by atoms with van der Waals surface area (Å²) in [5.41, 5.74) is 2.25. The van der Waals surface area contributed by atoms with Crippen molar-refractivity contribution in [2.24, 2.45) is 5.92 Å². The molecular formula is C35H44N4O6S. The minimum atomic E-state index is -3.82. The number of carbonyl (C=O) groups excluding carboxylic acids is 3. The molecular weight excluding hydrogens is 604 g/mol. The predicted molar refractivity (Wildman–Crippen MR) is 177 cm³/mol. The van der Waals surface area contributed by atoms with E-state index in [1.165, 1.54) is 32.3 Å². The lowest BCUT2D eigenvalue weighted by Gasteiger charge is -2.33. The Bertz CT molecular complexity index is 1580. The number of hydrogen-bond acceptors (Lipinski definition) is 7. The van der Waals surface area contributed by atoms with Gasteiger partial charge in [-0.05, 0) is 55.9 Å². The van der Waals surface area contributed by atoms with Crippen LogP contribution in [0.25, 0.3) is 0 Å². The van der Waals surface area contributed by atoms with E-state index in [0.717, 1.165) is 17.4 Å². The van der Waals surface area contributed by atoms with Crippen LogP contribution in [0.15, 0.2) is 85.2 Å². The van der Waals surface area contributed by atoms with Crippen molar-refractivity contribution in [2.45, 2.75) is 82.0 Å². The third kappa shape index (κ3) is 9.23. The third-order valence-electron chi connectivity index (χ3n) is 8.59. The number of rotatable bonds is 15. The fourth-order valence-electron chi connectivity index (χ4n) is 5.31. The van der Waals surface area contributed by atoms with Gasteiger partial charge < -0.3 is 20.7 Å². The standard InChI is InChI=1S/C35H44N4O6S/c1-23(2)27(19-24-13-8-6-9-14-24)37-30(40)21-29-31(45-29)28(20-25-15-10-7-11-16-25)38-34(42)32(35(3,4)46(5,43)44)39-33(41)26-17-12-18-36-22-26/h6-18,22-23,27-29,31-32H,19-21H2,1-5H3,(H,37,40)(H,38,42)(H,39,41)/t27?,28-,29-,31+,32+/m0/s1. The van der Waals surface area contributed by atoms with Crippen LogP contribution in [0, 0.1) is 5.92 Å². The number of nitrogens with one attached hydrogen (secondary N) is 3. The molecule has 0 radical (unpaired) electrons. The van der Waals surface area contributed by atoms with Crippen molar-refractivity contribution in [2.75, 3.05) is 6.26 Å². The summed E-state index contributed by atoms with van der Waals surface area (Å²) in [5.74, 6) is -1.24. The molecule has 46 heavy (non-hydrogen) atoms. The Hall–Kier alpha value is -4.09. The second kappa shape index (κ2) is 15.0.